The maximum atomic E-state index is 6.37. The second kappa shape index (κ2) is 7.01. The number of furan rings is 2. The lowest BCUT2D eigenvalue weighted by Crippen LogP contribution is -1.91. The molecule has 0 fully saturated rings. The molecule has 2 heterocycles. The minimum absolute atomic E-state index is 0.871. The van der Waals surface area contributed by atoms with Gasteiger partial charge in [0.2, 0.25) is 0 Å². The van der Waals surface area contributed by atoms with Crippen molar-refractivity contribution >= 4 is 55.3 Å². The van der Waals surface area contributed by atoms with E-state index in [1.54, 1.807) is 0 Å². The van der Waals surface area contributed by atoms with Crippen LogP contribution < -0.4 is 5.32 Å². The average molecular weight is 425 g/mol. The quantitative estimate of drug-likeness (QED) is 0.307. The molecule has 0 unspecified atom stereocenters. The third-order valence-corrected chi connectivity index (χ3v) is 6.27. The van der Waals surface area contributed by atoms with Crippen LogP contribution in [0.2, 0.25) is 0 Å². The summed E-state index contributed by atoms with van der Waals surface area (Å²) in [6.07, 6.45) is 0. The lowest BCUT2D eigenvalue weighted by atomic mass is 10.0. The fourth-order valence-corrected chi connectivity index (χ4v) is 4.74. The molecular weight excluding hydrogens is 406 g/mol. The first kappa shape index (κ1) is 18.1. The van der Waals surface area contributed by atoms with Crippen molar-refractivity contribution in [1.29, 1.82) is 0 Å². The van der Waals surface area contributed by atoms with Crippen LogP contribution in [-0.4, -0.2) is 0 Å². The van der Waals surface area contributed by atoms with Crippen molar-refractivity contribution < 1.29 is 8.83 Å². The molecule has 7 aromatic rings. The number of hydrogen-bond acceptors (Lipinski definition) is 3. The van der Waals surface area contributed by atoms with Gasteiger partial charge in [-0.15, -0.1) is 0 Å². The summed E-state index contributed by atoms with van der Waals surface area (Å²) in [7, 11) is 0. The summed E-state index contributed by atoms with van der Waals surface area (Å²) < 4.78 is 12.5. The molecule has 3 nitrogen and oxygen atoms in total. The second-order valence-corrected chi connectivity index (χ2v) is 8.26. The SMILES string of the molecule is c1ccc(-c2ccc(Nc3ccc4c(c3)oc3ccccc34)c3c2oc2ccccc23)cc1. The van der Waals surface area contributed by atoms with Gasteiger partial charge in [0.05, 0.1) is 11.1 Å². The molecule has 0 radical (unpaired) electrons. The molecule has 156 valence electrons. The van der Waals surface area contributed by atoms with Gasteiger partial charge in [-0.2, -0.15) is 0 Å². The maximum absolute atomic E-state index is 6.37. The first-order valence-electron chi connectivity index (χ1n) is 11.0. The number of nitrogens with one attached hydrogen (secondary N) is 1. The first-order chi connectivity index (χ1) is 16.3. The highest BCUT2D eigenvalue weighted by Crippen LogP contribution is 2.41. The van der Waals surface area contributed by atoms with Gasteiger partial charge >= 0.3 is 0 Å². The van der Waals surface area contributed by atoms with Gasteiger partial charge in [-0.05, 0) is 42.0 Å². The number of anilines is 2. The van der Waals surface area contributed by atoms with Crippen molar-refractivity contribution in [3.05, 3.63) is 109 Å². The number of hydrogen-bond donors (Lipinski definition) is 1. The van der Waals surface area contributed by atoms with Gasteiger partial charge in [-0.25, -0.2) is 0 Å². The van der Waals surface area contributed by atoms with Crippen LogP contribution in [0.1, 0.15) is 0 Å². The zero-order valence-electron chi connectivity index (χ0n) is 17.7. The predicted molar refractivity (Wildman–Crippen MR) is 136 cm³/mol. The van der Waals surface area contributed by atoms with Crippen LogP contribution >= 0.6 is 0 Å². The van der Waals surface area contributed by atoms with E-state index < -0.39 is 0 Å². The number of benzene rings is 5. The summed E-state index contributed by atoms with van der Waals surface area (Å²) in [5.41, 5.74) is 7.74. The molecule has 33 heavy (non-hydrogen) atoms. The molecule has 0 amide bonds. The summed E-state index contributed by atoms with van der Waals surface area (Å²) in [5, 5.41) is 8.05. The van der Waals surface area contributed by atoms with Gasteiger partial charge in [-0.1, -0.05) is 66.7 Å². The molecule has 3 heteroatoms. The van der Waals surface area contributed by atoms with E-state index in [-0.39, 0.29) is 0 Å². The highest BCUT2D eigenvalue weighted by molar-refractivity contribution is 6.16. The summed E-state index contributed by atoms with van der Waals surface area (Å²) in [6.45, 7) is 0. The summed E-state index contributed by atoms with van der Waals surface area (Å²) in [5.74, 6) is 0. The van der Waals surface area contributed by atoms with E-state index in [9.17, 15) is 0 Å². The van der Waals surface area contributed by atoms with Gasteiger partial charge in [0.15, 0.2) is 0 Å². The minimum atomic E-state index is 0.871. The van der Waals surface area contributed by atoms with E-state index in [2.05, 4.69) is 78.1 Å². The molecule has 5 aromatic carbocycles. The Balaban J connectivity index is 1.41. The van der Waals surface area contributed by atoms with E-state index >= 15 is 0 Å². The molecule has 0 saturated heterocycles. The molecule has 0 aliphatic heterocycles. The Morgan fingerprint density at radius 3 is 2.06 bits per heavy atom. The molecule has 1 N–H and O–H groups in total. The van der Waals surface area contributed by atoms with Crippen LogP contribution in [-0.2, 0) is 0 Å². The molecule has 0 spiro atoms. The van der Waals surface area contributed by atoms with Gasteiger partial charge in [0, 0.05) is 33.5 Å². The van der Waals surface area contributed by atoms with Crippen LogP contribution in [0.3, 0.4) is 0 Å². The lowest BCUT2D eigenvalue weighted by molar-refractivity contribution is 0.669. The largest absolute Gasteiger partial charge is 0.456 e. The average Bonchev–Trinajstić information content (AvgIpc) is 3.43. The van der Waals surface area contributed by atoms with E-state index in [0.717, 1.165) is 66.4 Å². The van der Waals surface area contributed by atoms with Crippen molar-refractivity contribution in [2.24, 2.45) is 0 Å². The predicted octanol–water partition coefficient (Wildman–Crippen LogP) is 8.90. The van der Waals surface area contributed by atoms with E-state index in [1.165, 1.54) is 0 Å². The zero-order chi connectivity index (χ0) is 21.8. The lowest BCUT2D eigenvalue weighted by Gasteiger charge is -2.10. The van der Waals surface area contributed by atoms with Crippen molar-refractivity contribution in [1.82, 2.24) is 0 Å². The van der Waals surface area contributed by atoms with E-state index in [1.807, 2.05) is 36.4 Å². The molecule has 2 aromatic heterocycles. The highest BCUT2D eigenvalue weighted by atomic mass is 16.3. The number of rotatable bonds is 3. The smallest absolute Gasteiger partial charge is 0.145 e. The topological polar surface area (TPSA) is 38.3 Å². The molecule has 0 atom stereocenters. The Bertz CT molecular complexity index is 1790. The van der Waals surface area contributed by atoms with Gasteiger partial charge in [0.25, 0.3) is 0 Å². The summed E-state index contributed by atoms with van der Waals surface area (Å²) >= 11 is 0. The fourth-order valence-electron chi connectivity index (χ4n) is 4.74. The third-order valence-electron chi connectivity index (χ3n) is 6.27. The second-order valence-electron chi connectivity index (χ2n) is 8.26. The van der Waals surface area contributed by atoms with Crippen molar-refractivity contribution in [3.8, 4) is 11.1 Å². The monoisotopic (exact) mass is 425 g/mol. The van der Waals surface area contributed by atoms with Crippen LogP contribution in [0.4, 0.5) is 11.4 Å². The number of fused-ring (bicyclic) bond motifs is 6. The zero-order valence-corrected chi connectivity index (χ0v) is 17.7. The molecule has 0 aliphatic rings. The number of para-hydroxylation sites is 2. The Morgan fingerprint density at radius 2 is 1.21 bits per heavy atom. The highest BCUT2D eigenvalue weighted by Gasteiger charge is 2.16. The summed E-state index contributed by atoms with van der Waals surface area (Å²) in [4.78, 5) is 0. The fraction of sp³-hybridized carbons (Fsp3) is 0. The maximum Gasteiger partial charge on any atom is 0.145 e. The van der Waals surface area contributed by atoms with Crippen LogP contribution in [0.5, 0.6) is 0 Å². The van der Waals surface area contributed by atoms with Gasteiger partial charge < -0.3 is 14.2 Å². The Morgan fingerprint density at radius 1 is 0.515 bits per heavy atom. The molecule has 0 saturated carbocycles. The Hall–Kier alpha value is -4.50. The Labute approximate surface area is 189 Å². The van der Waals surface area contributed by atoms with Crippen molar-refractivity contribution in [2.45, 2.75) is 0 Å². The van der Waals surface area contributed by atoms with E-state index in [0.29, 0.717) is 0 Å². The molecule has 7 rings (SSSR count). The van der Waals surface area contributed by atoms with Gasteiger partial charge in [-0.3, -0.25) is 0 Å². The van der Waals surface area contributed by atoms with Gasteiger partial charge in [0.1, 0.15) is 22.3 Å². The summed E-state index contributed by atoms with van der Waals surface area (Å²) in [6, 6.07) is 37.3. The van der Waals surface area contributed by atoms with E-state index in [4.69, 9.17) is 8.83 Å². The van der Waals surface area contributed by atoms with Crippen molar-refractivity contribution in [2.75, 3.05) is 5.32 Å². The standard InChI is InChI=1S/C30H19NO2/c1-2-8-19(9-3-1)21-16-17-25(29-24-11-5-7-13-27(24)33-30(21)29)31-20-14-15-23-22-10-4-6-12-26(22)32-28(23)18-20/h1-18,31H. The molecular formula is C30H19NO2. The van der Waals surface area contributed by atoms with Crippen LogP contribution in [0, 0.1) is 0 Å². The third kappa shape index (κ3) is 2.83. The molecule has 0 aliphatic carbocycles. The molecule has 0 bridgehead atoms. The van der Waals surface area contributed by atoms with Crippen LogP contribution in [0.25, 0.3) is 55.0 Å². The Kier molecular flexibility index (Phi) is 3.84. The normalized spacial score (nSPS) is 11.6. The first-order valence-corrected chi connectivity index (χ1v) is 11.0. The minimum Gasteiger partial charge on any atom is -0.456 e. The van der Waals surface area contributed by atoms with Crippen molar-refractivity contribution in [3.63, 3.8) is 0 Å². The van der Waals surface area contributed by atoms with Crippen LogP contribution in [0.15, 0.2) is 118 Å².